The summed E-state index contributed by atoms with van der Waals surface area (Å²) in [5, 5.41) is 3.38. The van der Waals surface area contributed by atoms with Gasteiger partial charge in [-0.2, -0.15) is 4.31 Å². The van der Waals surface area contributed by atoms with Gasteiger partial charge in [-0.3, -0.25) is 0 Å². The maximum Gasteiger partial charge on any atom is 0.215 e. The molecule has 4 rings (SSSR count). The third-order valence-electron chi connectivity index (χ3n) is 5.87. The third kappa shape index (κ3) is 3.88. The van der Waals surface area contributed by atoms with Crippen LogP contribution in [0.4, 0.5) is 5.82 Å². The summed E-state index contributed by atoms with van der Waals surface area (Å²) in [6.07, 6.45) is 6.36. The Morgan fingerprint density at radius 3 is 2.65 bits per heavy atom. The first kappa shape index (κ1) is 18.2. The largest absolute Gasteiger partial charge is 0.373 e. The molecule has 3 heterocycles. The number of hydrogen-bond donors (Lipinski definition) is 1. The Labute approximate surface area is 155 Å². The van der Waals surface area contributed by atoms with Gasteiger partial charge in [0.15, 0.2) is 0 Å². The normalized spacial score (nSPS) is 26.2. The molecular weight excluding hydrogens is 352 g/mol. The van der Waals surface area contributed by atoms with Gasteiger partial charge in [0.05, 0.1) is 18.0 Å². The Morgan fingerprint density at radius 1 is 1.23 bits per heavy atom. The Morgan fingerprint density at radius 2 is 2.04 bits per heavy atom. The number of pyridine rings is 1. The highest BCUT2D eigenvalue weighted by Gasteiger charge is 2.44. The van der Waals surface area contributed by atoms with Crippen molar-refractivity contribution in [2.24, 2.45) is 0 Å². The van der Waals surface area contributed by atoms with Crippen LogP contribution in [0.15, 0.2) is 24.4 Å². The van der Waals surface area contributed by atoms with Crippen molar-refractivity contribution in [1.82, 2.24) is 14.6 Å². The van der Waals surface area contributed by atoms with Crippen molar-refractivity contribution in [3.05, 3.63) is 24.4 Å². The molecule has 26 heavy (non-hydrogen) atoms. The zero-order valence-electron chi connectivity index (χ0n) is 15.1. The lowest BCUT2D eigenvalue weighted by atomic mass is 9.77. The Kier molecular flexibility index (Phi) is 5.18. The number of nitrogens with zero attached hydrogens (tertiary/aromatic N) is 3. The number of ether oxygens (including phenoxy) is 1. The lowest BCUT2D eigenvalue weighted by Gasteiger charge is -2.37. The molecule has 0 bridgehead atoms. The van der Waals surface area contributed by atoms with Crippen molar-refractivity contribution in [2.75, 3.05) is 50.0 Å². The maximum absolute atomic E-state index is 12.6. The van der Waals surface area contributed by atoms with Gasteiger partial charge < -0.3 is 15.0 Å². The summed E-state index contributed by atoms with van der Waals surface area (Å²) in [4.78, 5) is 6.48. The molecule has 0 amide bonds. The molecule has 3 aliphatic rings. The number of aromatic nitrogens is 1. The first-order valence-corrected chi connectivity index (χ1v) is 11.2. The Hall–Kier alpha value is -1.22. The van der Waals surface area contributed by atoms with Gasteiger partial charge in [0, 0.05) is 45.0 Å². The standard InChI is InChI=1S/C18H28N4O3S/c23-26(24,13-8-19-16-14-18(25-15-16)5-3-6-18)22-11-9-21(10-12-22)17-4-1-2-7-20-17/h1-2,4,7,16,19H,3,5-6,8-15H2. The molecule has 1 aromatic rings. The topological polar surface area (TPSA) is 74.8 Å². The van der Waals surface area contributed by atoms with Crippen LogP contribution in [0.3, 0.4) is 0 Å². The van der Waals surface area contributed by atoms with Crippen LogP contribution in [0.25, 0.3) is 0 Å². The smallest absolute Gasteiger partial charge is 0.215 e. The van der Waals surface area contributed by atoms with Crippen LogP contribution in [0.5, 0.6) is 0 Å². The number of nitrogens with one attached hydrogen (secondary N) is 1. The molecule has 1 unspecified atom stereocenters. The van der Waals surface area contributed by atoms with E-state index in [0.29, 0.717) is 45.4 Å². The van der Waals surface area contributed by atoms with Crippen molar-refractivity contribution in [1.29, 1.82) is 0 Å². The van der Waals surface area contributed by atoms with E-state index in [1.807, 2.05) is 18.2 Å². The van der Waals surface area contributed by atoms with E-state index in [2.05, 4.69) is 15.2 Å². The van der Waals surface area contributed by atoms with E-state index in [1.165, 1.54) is 6.42 Å². The molecule has 3 fully saturated rings. The van der Waals surface area contributed by atoms with E-state index in [0.717, 1.165) is 25.1 Å². The number of piperazine rings is 1. The average Bonchev–Trinajstić information content (AvgIpc) is 3.08. The minimum absolute atomic E-state index is 0.109. The molecule has 1 N–H and O–H groups in total. The predicted octanol–water partition coefficient (Wildman–Crippen LogP) is 0.835. The van der Waals surface area contributed by atoms with Gasteiger partial charge in [-0.25, -0.2) is 13.4 Å². The van der Waals surface area contributed by atoms with E-state index in [1.54, 1.807) is 10.5 Å². The molecule has 1 saturated carbocycles. The fourth-order valence-electron chi connectivity index (χ4n) is 4.15. The van der Waals surface area contributed by atoms with Gasteiger partial charge in [0.1, 0.15) is 5.82 Å². The van der Waals surface area contributed by atoms with E-state index >= 15 is 0 Å². The van der Waals surface area contributed by atoms with Crippen LogP contribution in [-0.4, -0.2) is 74.4 Å². The molecule has 0 radical (unpaired) electrons. The number of sulfonamides is 1. The first-order valence-electron chi connectivity index (χ1n) is 9.58. The zero-order valence-corrected chi connectivity index (χ0v) is 16.0. The minimum atomic E-state index is -3.22. The highest BCUT2D eigenvalue weighted by Crippen LogP contribution is 2.43. The third-order valence-corrected chi connectivity index (χ3v) is 7.74. The highest BCUT2D eigenvalue weighted by atomic mass is 32.2. The van der Waals surface area contributed by atoms with Gasteiger partial charge in [0.2, 0.25) is 10.0 Å². The molecule has 8 heteroatoms. The van der Waals surface area contributed by atoms with Crippen LogP contribution in [-0.2, 0) is 14.8 Å². The summed E-state index contributed by atoms with van der Waals surface area (Å²) in [6.45, 7) is 3.62. The SMILES string of the molecule is O=S(=O)(CCNC1COC2(CCC2)C1)N1CCN(c2ccccn2)CC1. The molecule has 1 atom stereocenters. The molecule has 2 saturated heterocycles. The van der Waals surface area contributed by atoms with Gasteiger partial charge in [-0.05, 0) is 37.8 Å². The van der Waals surface area contributed by atoms with E-state index in [9.17, 15) is 8.42 Å². The van der Waals surface area contributed by atoms with E-state index in [4.69, 9.17) is 4.74 Å². The second-order valence-electron chi connectivity index (χ2n) is 7.59. The van der Waals surface area contributed by atoms with Crippen LogP contribution >= 0.6 is 0 Å². The summed E-state index contributed by atoms with van der Waals surface area (Å²) in [7, 11) is -3.22. The number of anilines is 1. The average molecular weight is 381 g/mol. The molecule has 144 valence electrons. The minimum Gasteiger partial charge on any atom is -0.373 e. The molecule has 1 aliphatic carbocycles. The molecule has 1 aromatic heterocycles. The molecule has 7 nitrogen and oxygen atoms in total. The Balaban J connectivity index is 1.22. The fourth-order valence-corrected chi connectivity index (χ4v) is 5.51. The van der Waals surface area contributed by atoms with Gasteiger partial charge >= 0.3 is 0 Å². The quantitative estimate of drug-likeness (QED) is 0.788. The van der Waals surface area contributed by atoms with Crippen molar-refractivity contribution in [3.8, 4) is 0 Å². The highest BCUT2D eigenvalue weighted by molar-refractivity contribution is 7.89. The van der Waals surface area contributed by atoms with Crippen LogP contribution in [0.1, 0.15) is 25.7 Å². The van der Waals surface area contributed by atoms with Crippen LogP contribution in [0.2, 0.25) is 0 Å². The second kappa shape index (κ2) is 7.42. The fraction of sp³-hybridized carbons (Fsp3) is 0.722. The lowest BCUT2D eigenvalue weighted by molar-refractivity contribution is -0.0563. The van der Waals surface area contributed by atoms with Crippen LogP contribution < -0.4 is 10.2 Å². The molecule has 0 aromatic carbocycles. The monoisotopic (exact) mass is 380 g/mol. The van der Waals surface area contributed by atoms with Gasteiger partial charge in [-0.15, -0.1) is 0 Å². The molecule has 2 aliphatic heterocycles. The van der Waals surface area contributed by atoms with E-state index < -0.39 is 10.0 Å². The zero-order chi connectivity index (χ0) is 18.0. The predicted molar refractivity (Wildman–Crippen MR) is 101 cm³/mol. The first-order chi connectivity index (χ1) is 12.6. The summed E-state index contributed by atoms with van der Waals surface area (Å²) < 4.78 is 32.8. The number of rotatable bonds is 6. The summed E-state index contributed by atoms with van der Waals surface area (Å²) >= 11 is 0. The maximum atomic E-state index is 12.6. The molecular formula is C18H28N4O3S. The summed E-state index contributed by atoms with van der Waals surface area (Å²) in [6, 6.07) is 6.11. The molecule has 1 spiro atoms. The summed E-state index contributed by atoms with van der Waals surface area (Å²) in [5.41, 5.74) is 0.109. The van der Waals surface area contributed by atoms with E-state index in [-0.39, 0.29) is 11.4 Å². The van der Waals surface area contributed by atoms with Gasteiger partial charge in [-0.1, -0.05) is 6.07 Å². The van der Waals surface area contributed by atoms with Crippen molar-refractivity contribution in [2.45, 2.75) is 37.3 Å². The Bertz CT molecular complexity index is 700. The van der Waals surface area contributed by atoms with Crippen molar-refractivity contribution in [3.63, 3.8) is 0 Å². The van der Waals surface area contributed by atoms with Crippen LogP contribution in [0, 0.1) is 0 Å². The second-order valence-corrected chi connectivity index (χ2v) is 9.68. The number of hydrogen-bond acceptors (Lipinski definition) is 6. The van der Waals surface area contributed by atoms with Crippen molar-refractivity contribution >= 4 is 15.8 Å². The summed E-state index contributed by atoms with van der Waals surface area (Å²) in [5.74, 6) is 1.07. The lowest BCUT2D eigenvalue weighted by Crippen LogP contribution is -2.50. The van der Waals surface area contributed by atoms with Gasteiger partial charge in [0.25, 0.3) is 0 Å². The van der Waals surface area contributed by atoms with Crippen molar-refractivity contribution < 1.29 is 13.2 Å².